The molecule has 1 nitrogen and oxygen atoms in total. The van der Waals surface area contributed by atoms with Crippen molar-refractivity contribution in [2.75, 3.05) is 6.54 Å². The predicted molar refractivity (Wildman–Crippen MR) is 68.2 cm³/mol. The van der Waals surface area contributed by atoms with Crippen molar-refractivity contribution in [2.24, 2.45) is 5.92 Å². The van der Waals surface area contributed by atoms with Gasteiger partial charge in [-0.3, -0.25) is 0 Å². The van der Waals surface area contributed by atoms with Gasteiger partial charge in [0.05, 0.1) is 0 Å². The molecule has 1 aliphatic carbocycles. The van der Waals surface area contributed by atoms with Gasteiger partial charge in [-0.2, -0.15) is 0 Å². The zero-order chi connectivity index (χ0) is 11.1. The van der Waals surface area contributed by atoms with E-state index in [0.29, 0.717) is 0 Å². The molecule has 1 saturated carbocycles. The third kappa shape index (κ3) is 3.97. The molecule has 2 rings (SSSR count). The maximum atomic E-state index is 3.53. The van der Waals surface area contributed by atoms with Gasteiger partial charge in [-0.15, -0.1) is 0 Å². The van der Waals surface area contributed by atoms with E-state index in [1.54, 1.807) is 0 Å². The Morgan fingerprint density at radius 3 is 2.88 bits per heavy atom. The van der Waals surface area contributed by atoms with Gasteiger partial charge < -0.3 is 5.32 Å². The van der Waals surface area contributed by atoms with Gasteiger partial charge >= 0.3 is 0 Å². The molecule has 16 heavy (non-hydrogen) atoms. The summed E-state index contributed by atoms with van der Waals surface area (Å²) in [7, 11) is 0. The Bertz CT molecular complexity index is 275. The number of hydrogen-bond donors (Lipinski definition) is 1. The molecule has 1 aliphatic rings. The van der Waals surface area contributed by atoms with E-state index in [1.165, 1.54) is 50.6 Å². The van der Waals surface area contributed by atoms with Crippen molar-refractivity contribution in [3.8, 4) is 0 Å². The largest absolute Gasteiger partial charge is 0.313 e. The number of nitrogens with one attached hydrogen (secondary N) is 1. The summed E-state index contributed by atoms with van der Waals surface area (Å²) in [5, 5.41) is 3.53. The monoisotopic (exact) mass is 216 g/mol. The van der Waals surface area contributed by atoms with Crippen molar-refractivity contribution in [3.63, 3.8) is 0 Å². The van der Waals surface area contributed by atoms with Gasteiger partial charge in [0.15, 0.2) is 0 Å². The first kappa shape index (κ1) is 11.7. The first-order chi connectivity index (χ1) is 7.95. The van der Waals surface area contributed by atoms with Crippen LogP contribution in [0.25, 0.3) is 0 Å². The van der Waals surface area contributed by atoms with Gasteiger partial charge in [-0.05, 0) is 36.6 Å². The summed E-state index contributed by atoms with van der Waals surface area (Å²) in [5.74, 6) is 0.989. The molecule has 87 valence electrons. The second kappa shape index (κ2) is 6.70. The Labute approximate surface area is 99.3 Å². The first-order valence-electron chi connectivity index (χ1n) is 6.61. The molecule has 0 unspecified atom stereocenters. The van der Waals surface area contributed by atoms with Crippen molar-refractivity contribution in [2.45, 2.75) is 45.1 Å². The Morgan fingerprint density at radius 1 is 1.25 bits per heavy atom. The van der Waals surface area contributed by atoms with Crippen molar-refractivity contribution < 1.29 is 0 Å². The second-order valence-electron chi connectivity index (χ2n) is 4.88. The summed E-state index contributed by atoms with van der Waals surface area (Å²) in [5.41, 5.74) is 1.34. The van der Waals surface area contributed by atoms with E-state index in [9.17, 15) is 0 Å². The molecule has 1 N–H and O–H groups in total. The standard InChI is InChI=1S/C15H22N/c1-3-7-14(8-4-1)11-12-16-13-15-9-5-2-6-10-15/h2,5,9-10,14,16H,1,3-4,7-8,11-13H2. The zero-order valence-corrected chi connectivity index (χ0v) is 10.0. The molecule has 0 atom stereocenters. The highest BCUT2D eigenvalue weighted by Crippen LogP contribution is 2.25. The molecule has 1 heteroatoms. The third-order valence-electron chi connectivity index (χ3n) is 3.55. The highest BCUT2D eigenvalue weighted by molar-refractivity contribution is 5.13. The number of rotatable bonds is 5. The van der Waals surface area contributed by atoms with Gasteiger partial charge in [-0.1, -0.05) is 50.3 Å². The lowest BCUT2D eigenvalue weighted by molar-refractivity contribution is 0.334. The quantitative estimate of drug-likeness (QED) is 0.742. The van der Waals surface area contributed by atoms with Crippen LogP contribution in [0.2, 0.25) is 0 Å². The summed E-state index contributed by atoms with van der Waals surface area (Å²) in [6.07, 6.45) is 8.65. The summed E-state index contributed by atoms with van der Waals surface area (Å²) in [4.78, 5) is 0. The van der Waals surface area contributed by atoms with Crippen LogP contribution in [0.4, 0.5) is 0 Å². The minimum absolute atomic E-state index is 0.989. The van der Waals surface area contributed by atoms with E-state index in [-0.39, 0.29) is 0 Å². The van der Waals surface area contributed by atoms with Crippen molar-refractivity contribution >= 4 is 0 Å². The highest BCUT2D eigenvalue weighted by atomic mass is 14.8. The van der Waals surface area contributed by atoms with Gasteiger partial charge in [0.25, 0.3) is 0 Å². The SMILES string of the molecule is [c]1cccc(CNCCC2CCCCC2)c1. The molecular formula is C15H22N. The van der Waals surface area contributed by atoms with Crippen LogP contribution in [0.3, 0.4) is 0 Å². The smallest absolute Gasteiger partial charge is 0.0205 e. The van der Waals surface area contributed by atoms with E-state index in [1.807, 2.05) is 6.07 Å². The normalized spacial score (nSPS) is 17.5. The molecule has 1 fully saturated rings. The molecule has 0 saturated heterocycles. The van der Waals surface area contributed by atoms with Gasteiger partial charge in [-0.25, -0.2) is 0 Å². The lowest BCUT2D eigenvalue weighted by atomic mass is 9.87. The topological polar surface area (TPSA) is 12.0 Å². The van der Waals surface area contributed by atoms with Crippen molar-refractivity contribution in [1.82, 2.24) is 5.32 Å². The van der Waals surface area contributed by atoms with Crippen LogP contribution in [-0.2, 0) is 6.54 Å². The van der Waals surface area contributed by atoms with E-state index in [0.717, 1.165) is 12.5 Å². The second-order valence-corrected chi connectivity index (χ2v) is 4.88. The van der Waals surface area contributed by atoms with E-state index >= 15 is 0 Å². The van der Waals surface area contributed by atoms with Crippen LogP contribution in [0.1, 0.15) is 44.1 Å². The van der Waals surface area contributed by atoms with Crippen LogP contribution < -0.4 is 5.32 Å². The maximum absolute atomic E-state index is 3.53. The van der Waals surface area contributed by atoms with Crippen molar-refractivity contribution in [1.29, 1.82) is 0 Å². The first-order valence-corrected chi connectivity index (χ1v) is 6.61. The summed E-state index contributed by atoms with van der Waals surface area (Å²) < 4.78 is 0. The molecule has 0 amide bonds. The lowest BCUT2D eigenvalue weighted by Crippen LogP contribution is -2.19. The molecule has 0 aliphatic heterocycles. The molecule has 0 heterocycles. The van der Waals surface area contributed by atoms with Gasteiger partial charge in [0.1, 0.15) is 0 Å². The fourth-order valence-corrected chi connectivity index (χ4v) is 2.56. The average molecular weight is 216 g/mol. The van der Waals surface area contributed by atoms with E-state index < -0.39 is 0 Å². The van der Waals surface area contributed by atoms with Crippen molar-refractivity contribution in [3.05, 3.63) is 35.9 Å². The summed E-state index contributed by atoms with van der Waals surface area (Å²) >= 11 is 0. The maximum Gasteiger partial charge on any atom is 0.0205 e. The van der Waals surface area contributed by atoms with Gasteiger partial charge in [0, 0.05) is 6.54 Å². The highest BCUT2D eigenvalue weighted by Gasteiger charge is 2.12. The average Bonchev–Trinajstić information content (AvgIpc) is 2.37. The van der Waals surface area contributed by atoms with Crippen LogP contribution in [0, 0.1) is 12.0 Å². The molecular weight excluding hydrogens is 194 g/mol. The Kier molecular flexibility index (Phi) is 4.88. The molecule has 1 aromatic carbocycles. The Balaban J connectivity index is 1.58. The minimum atomic E-state index is 0.989. The molecule has 0 aromatic heterocycles. The zero-order valence-electron chi connectivity index (χ0n) is 10.0. The Hall–Kier alpha value is -0.820. The van der Waals surface area contributed by atoms with E-state index in [4.69, 9.17) is 0 Å². The van der Waals surface area contributed by atoms with Crippen LogP contribution in [-0.4, -0.2) is 6.54 Å². The van der Waals surface area contributed by atoms with Crippen LogP contribution in [0.15, 0.2) is 24.3 Å². The summed E-state index contributed by atoms with van der Waals surface area (Å²) in [6, 6.07) is 11.3. The fraction of sp³-hybridized carbons (Fsp3) is 0.600. The molecule has 0 bridgehead atoms. The molecule has 0 spiro atoms. The third-order valence-corrected chi connectivity index (χ3v) is 3.55. The predicted octanol–water partition coefficient (Wildman–Crippen LogP) is 3.55. The number of benzene rings is 1. The van der Waals surface area contributed by atoms with E-state index in [2.05, 4.69) is 29.6 Å². The summed E-state index contributed by atoms with van der Waals surface area (Å²) in [6.45, 7) is 2.16. The fourth-order valence-electron chi connectivity index (χ4n) is 2.56. The van der Waals surface area contributed by atoms with Gasteiger partial charge in [0.2, 0.25) is 0 Å². The van der Waals surface area contributed by atoms with Crippen LogP contribution in [0.5, 0.6) is 0 Å². The molecule has 1 aromatic rings. The number of hydrogen-bond acceptors (Lipinski definition) is 1. The van der Waals surface area contributed by atoms with Crippen LogP contribution >= 0.6 is 0 Å². The Morgan fingerprint density at radius 2 is 2.12 bits per heavy atom. The lowest BCUT2D eigenvalue weighted by Gasteiger charge is -2.21. The minimum Gasteiger partial charge on any atom is -0.313 e. The molecule has 1 radical (unpaired) electrons.